The van der Waals surface area contributed by atoms with Gasteiger partial charge in [0, 0.05) is 13.1 Å². The van der Waals surface area contributed by atoms with Crippen LogP contribution >= 0.6 is 0 Å². The second-order valence-corrected chi connectivity index (χ2v) is 7.68. The number of carbonyl (C=O) groups is 1. The van der Waals surface area contributed by atoms with Crippen molar-refractivity contribution in [2.45, 2.75) is 59.2 Å². The minimum Gasteiger partial charge on any atom is -0.480 e. The molecule has 0 aromatic heterocycles. The van der Waals surface area contributed by atoms with Gasteiger partial charge in [-0.3, -0.25) is 9.69 Å². The minimum absolute atomic E-state index is 0.0561. The minimum atomic E-state index is -0.480. The number of ether oxygens (including phenoxy) is 1. The lowest BCUT2D eigenvalue weighted by molar-refractivity contribution is -0.128. The molecule has 1 atom stereocenters. The number of benzene rings is 2. The summed E-state index contributed by atoms with van der Waals surface area (Å²) in [5.41, 5.74) is 4.74. The van der Waals surface area contributed by atoms with Crippen LogP contribution in [0.5, 0.6) is 5.75 Å². The predicted molar refractivity (Wildman–Crippen MR) is 113 cm³/mol. The molecule has 2 aromatic rings. The Labute approximate surface area is 168 Å². The third kappa shape index (κ3) is 5.14. The van der Waals surface area contributed by atoms with E-state index in [0.29, 0.717) is 13.0 Å². The molecule has 150 valence electrons. The fraction of sp³-hybridized carbons (Fsp3) is 0.458. The van der Waals surface area contributed by atoms with Crippen LogP contribution in [-0.2, 0) is 17.9 Å². The summed E-state index contributed by atoms with van der Waals surface area (Å²) in [6.45, 7) is 9.91. The topological polar surface area (TPSA) is 41.6 Å². The zero-order valence-corrected chi connectivity index (χ0v) is 17.3. The number of aryl methyl sites for hydroxylation is 1. The molecule has 2 aromatic carbocycles. The first-order chi connectivity index (χ1) is 13.6. The lowest BCUT2D eigenvalue weighted by Crippen LogP contribution is -2.38. The Morgan fingerprint density at radius 1 is 1.07 bits per heavy atom. The van der Waals surface area contributed by atoms with Crippen LogP contribution < -0.4 is 10.1 Å². The zero-order chi connectivity index (χ0) is 19.9. The summed E-state index contributed by atoms with van der Waals surface area (Å²) in [5, 5.41) is 3.09. The van der Waals surface area contributed by atoms with Crippen LogP contribution in [0, 0.1) is 13.8 Å². The fourth-order valence-electron chi connectivity index (χ4n) is 3.69. The lowest BCUT2D eigenvalue weighted by Gasteiger charge is -2.21. The summed E-state index contributed by atoms with van der Waals surface area (Å²) in [4.78, 5) is 15.2. The van der Waals surface area contributed by atoms with Gasteiger partial charge in [-0.25, -0.2) is 0 Å². The third-order valence-corrected chi connectivity index (χ3v) is 5.65. The van der Waals surface area contributed by atoms with Crippen molar-refractivity contribution in [1.82, 2.24) is 10.2 Å². The van der Waals surface area contributed by atoms with Crippen molar-refractivity contribution in [2.75, 3.05) is 13.1 Å². The van der Waals surface area contributed by atoms with Gasteiger partial charge in [0.2, 0.25) is 0 Å². The molecule has 0 bridgehead atoms. The standard InChI is InChI=1S/C24H32N2O2/c1-4-22(28-23-13-9-10-18(2)19(23)3)24(27)25-16-20-11-5-6-12-21(20)17-26-14-7-8-15-26/h5-6,9-13,22H,4,7-8,14-17H2,1-3H3,(H,25,27)/t22-/m1/s1. The Bertz CT molecular complexity index is 797. The highest BCUT2D eigenvalue weighted by Gasteiger charge is 2.20. The van der Waals surface area contributed by atoms with Gasteiger partial charge < -0.3 is 10.1 Å². The number of hydrogen-bond donors (Lipinski definition) is 1. The first-order valence-corrected chi connectivity index (χ1v) is 10.4. The van der Waals surface area contributed by atoms with E-state index in [1.807, 2.05) is 32.0 Å². The average molecular weight is 381 g/mol. The first-order valence-electron chi connectivity index (χ1n) is 10.4. The van der Waals surface area contributed by atoms with E-state index in [4.69, 9.17) is 4.74 Å². The van der Waals surface area contributed by atoms with Crippen LogP contribution in [-0.4, -0.2) is 30.0 Å². The van der Waals surface area contributed by atoms with E-state index < -0.39 is 6.10 Å². The first kappa shape index (κ1) is 20.4. The van der Waals surface area contributed by atoms with Gasteiger partial charge in [-0.2, -0.15) is 0 Å². The van der Waals surface area contributed by atoms with Gasteiger partial charge in [0.25, 0.3) is 5.91 Å². The van der Waals surface area contributed by atoms with Crippen molar-refractivity contribution in [3.8, 4) is 5.75 Å². The van der Waals surface area contributed by atoms with Crippen LogP contribution in [0.4, 0.5) is 0 Å². The van der Waals surface area contributed by atoms with Crippen LogP contribution in [0.25, 0.3) is 0 Å². The number of nitrogens with one attached hydrogen (secondary N) is 1. The molecule has 0 spiro atoms. The van der Waals surface area contributed by atoms with Crippen LogP contribution in [0.3, 0.4) is 0 Å². The van der Waals surface area contributed by atoms with Crippen molar-refractivity contribution in [1.29, 1.82) is 0 Å². The highest BCUT2D eigenvalue weighted by Crippen LogP contribution is 2.22. The maximum atomic E-state index is 12.8. The van der Waals surface area contributed by atoms with Gasteiger partial charge in [0.05, 0.1) is 0 Å². The van der Waals surface area contributed by atoms with Crippen LogP contribution in [0.2, 0.25) is 0 Å². The monoisotopic (exact) mass is 380 g/mol. The molecule has 1 saturated heterocycles. The Morgan fingerprint density at radius 2 is 1.79 bits per heavy atom. The van der Waals surface area contributed by atoms with E-state index in [1.165, 1.54) is 42.6 Å². The van der Waals surface area contributed by atoms with E-state index in [2.05, 4.69) is 41.4 Å². The Morgan fingerprint density at radius 3 is 2.50 bits per heavy atom. The summed E-state index contributed by atoms with van der Waals surface area (Å²) in [6, 6.07) is 14.4. The molecule has 0 unspecified atom stereocenters. The molecule has 1 fully saturated rings. The van der Waals surface area contributed by atoms with Crippen molar-refractivity contribution in [3.63, 3.8) is 0 Å². The summed E-state index contributed by atoms with van der Waals surface area (Å²) < 4.78 is 6.04. The molecule has 4 nitrogen and oxygen atoms in total. The summed E-state index contributed by atoms with van der Waals surface area (Å²) in [7, 11) is 0. The molecule has 1 heterocycles. The Kier molecular flexibility index (Phi) is 7.10. The smallest absolute Gasteiger partial charge is 0.261 e. The number of carbonyl (C=O) groups excluding carboxylic acids is 1. The molecule has 0 radical (unpaired) electrons. The van der Waals surface area contributed by atoms with Crippen LogP contribution in [0.15, 0.2) is 42.5 Å². The summed E-state index contributed by atoms with van der Waals surface area (Å²) >= 11 is 0. The average Bonchev–Trinajstić information content (AvgIpc) is 3.21. The van der Waals surface area contributed by atoms with E-state index >= 15 is 0 Å². The van der Waals surface area contributed by atoms with Gasteiger partial charge in [-0.15, -0.1) is 0 Å². The molecule has 28 heavy (non-hydrogen) atoms. The molecule has 1 N–H and O–H groups in total. The van der Waals surface area contributed by atoms with E-state index in [-0.39, 0.29) is 5.91 Å². The van der Waals surface area contributed by atoms with Crippen molar-refractivity contribution < 1.29 is 9.53 Å². The zero-order valence-electron chi connectivity index (χ0n) is 17.3. The molecule has 4 heteroatoms. The fourth-order valence-corrected chi connectivity index (χ4v) is 3.69. The quantitative estimate of drug-likeness (QED) is 0.739. The van der Waals surface area contributed by atoms with Gasteiger partial charge in [-0.1, -0.05) is 43.3 Å². The molecule has 0 saturated carbocycles. The molecule has 3 rings (SSSR count). The van der Waals surface area contributed by atoms with E-state index in [0.717, 1.165) is 17.9 Å². The normalized spacial score (nSPS) is 15.4. The number of likely N-dealkylation sites (tertiary alicyclic amines) is 1. The summed E-state index contributed by atoms with van der Waals surface area (Å²) in [6.07, 6.45) is 2.72. The number of hydrogen-bond acceptors (Lipinski definition) is 3. The van der Waals surface area contributed by atoms with Crippen molar-refractivity contribution in [3.05, 3.63) is 64.7 Å². The molecular formula is C24H32N2O2. The summed E-state index contributed by atoms with van der Waals surface area (Å²) in [5.74, 6) is 0.732. The van der Waals surface area contributed by atoms with Crippen molar-refractivity contribution in [2.24, 2.45) is 0 Å². The van der Waals surface area contributed by atoms with E-state index in [9.17, 15) is 4.79 Å². The van der Waals surface area contributed by atoms with Crippen molar-refractivity contribution >= 4 is 5.91 Å². The largest absolute Gasteiger partial charge is 0.480 e. The van der Waals surface area contributed by atoms with Gasteiger partial charge in [0.15, 0.2) is 6.10 Å². The molecule has 0 aliphatic carbocycles. The number of nitrogens with zero attached hydrogens (tertiary/aromatic N) is 1. The Balaban J connectivity index is 1.61. The maximum absolute atomic E-state index is 12.8. The van der Waals surface area contributed by atoms with E-state index in [1.54, 1.807) is 0 Å². The highest BCUT2D eigenvalue weighted by molar-refractivity contribution is 5.81. The highest BCUT2D eigenvalue weighted by atomic mass is 16.5. The van der Waals surface area contributed by atoms with Gasteiger partial charge >= 0.3 is 0 Å². The second kappa shape index (κ2) is 9.74. The molecule has 1 aliphatic rings. The van der Waals surface area contributed by atoms with Gasteiger partial charge in [-0.05, 0) is 74.5 Å². The number of amides is 1. The second-order valence-electron chi connectivity index (χ2n) is 7.68. The van der Waals surface area contributed by atoms with Gasteiger partial charge in [0.1, 0.15) is 5.75 Å². The lowest BCUT2D eigenvalue weighted by atomic mass is 10.1. The maximum Gasteiger partial charge on any atom is 0.261 e. The third-order valence-electron chi connectivity index (χ3n) is 5.65. The molecule has 1 amide bonds. The number of rotatable bonds is 8. The SMILES string of the molecule is CC[C@@H](Oc1cccc(C)c1C)C(=O)NCc1ccccc1CN1CCCC1. The molecule has 1 aliphatic heterocycles. The van der Waals surface area contributed by atoms with Crippen LogP contribution in [0.1, 0.15) is 48.4 Å². The predicted octanol–water partition coefficient (Wildman–Crippen LogP) is 4.37. The Hall–Kier alpha value is -2.33. The molecular weight excluding hydrogens is 348 g/mol.